The van der Waals surface area contributed by atoms with Crippen LogP contribution in [0.25, 0.3) is 0 Å². The molecular formula is C14H20BrNO2. The lowest BCUT2D eigenvalue weighted by atomic mass is 10.1. The molecule has 0 aliphatic rings. The first-order chi connectivity index (χ1) is 8.52. The predicted octanol–water partition coefficient (Wildman–Crippen LogP) is 4.28. The number of rotatable bonds is 5. The molecule has 18 heavy (non-hydrogen) atoms. The minimum Gasteiger partial charge on any atom is -0.442 e. The van der Waals surface area contributed by atoms with Crippen molar-refractivity contribution in [3.8, 4) is 0 Å². The van der Waals surface area contributed by atoms with Crippen LogP contribution in [0.4, 0.5) is 4.79 Å². The molecule has 0 heterocycles. The minimum atomic E-state index is -0.356. The first-order valence-corrected chi connectivity index (χ1v) is 7.02. The Bertz CT molecular complexity index is 378. The van der Waals surface area contributed by atoms with E-state index in [4.69, 9.17) is 4.74 Å². The van der Waals surface area contributed by atoms with Gasteiger partial charge in [0.25, 0.3) is 0 Å². The number of benzene rings is 1. The van der Waals surface area contributed by atoms with Crippen LogP contribution in [0.3, 0.4) is 0 Å². The molecule has 0 saturated heterocycles. The molecule has 0 saturated carbocycles. The molecule has 1 amide bonds. The Morgan fingerprint density at radius 1 is 1.33 bits per heavy atom. The van der Waals surface area contributed by atoms with Gasteiger partial charge in [-0.3, -0.25) is 0 Å². The Morgan fingerprint density at radius 2 is 1.94 bits per heavy atom. The number of ether oxygens (including phenoxy) is 1. The summed E-state index contributed by atoms with van der Waals surface area (Å²) < 4.78 is 6.32. The second kappa shape index (κ2) is 7.41. The van der Waals surface area contributed by atoms with E-state index in [1.807, 2.05) is 31.2 Å². The fraction of sp³-hybridized carbons (Fsp3) is 0.500. The molecule has 2 unspecified atom stereocenters. The van der Waals surface area contributed by atoms with E-state index in [0.29, 0.717) is 12.5 Å². The van der Waals surface area contributed by atoms with E-state index in [2.05, 4.69) is 35.1 Å². The van der Waals surface area contributed by atoms with Gasteiger partial charge >= 0.3 is 6.09 Å². The minimum absolute atomic E-state index is 0.241. The standard InChI is InChI=1S/C14H20BrNO2/c1-4-10(2)9-16-14(17)18-11(3)12-5-7-13(15)8-6-12/h5-8,10-11H,4,9H2,1-3H3,(H,16,17). The quantitative estimate of drug-likeness (QED) is 0.881. The first-order valence-electron chi connectivity index (χ1n) is 6.22. The Hall–Kier alpha value is -1.03. The molecule has 0 bridgehead atoms. The van der Waals surface area contributed by atoms with Gasteiger partial charge in [0.1, 0.15) is 6.10 Å². The van der Waals surface area contributed by atoms with Crippen molar-refractivity contribution in [1.29, 1.82) is 0 Å². The summed E-state index contributed by atoms with van der Waals surface area (Å²) in [6.45, 7) is 6.72. The van der Waals surface area contributed by atoms with E-state index in [0.717, 1.165) is 16.5 Å². The third kappa shape index (κ3) is 5.08. The van der Waals surface area contributed by atoms with Crippen LogP contribution in [0.5, 0.6) is 0 Å². The van der Waals surface area contributed by atoms with Crippen molar-refractivity contribution in [3.63, 3.8) is 0 Å². The molecule has 0 spiro atoms. The van der Waals surface area contributed by atoms with E-state index >= 15 is 0 Å². The summed E-state index contributed by atoms with van der Waals surface area (Å²) in [5.41, 5.74) is 0.983. The molecule has 1 N–H and O–H groups in total. The van der Waals surface area contributed by atoms with Gasteiger partial charge in [0.2, 0.25) is 0 Å². The summed E-state index contributed by atoms with van der Waals surface area (Å²) in [6.07, 6.45) is 0.448. The topological polar surface area (TPSA) is 38.3 Å². The molecule has 1 aromatic carbocycles. The smallest absolute Gasteiger partial charge is 0.407 e. The van der Waals surface area contributed by atoms with E-state index in [1.165, 1.54) is 0 Å². The summed E-state index contributed by atoms with van der Waals surface area (Å²) in [6, 6.07) is 7.76. The van der Waals surface area contributed by atoms with Crippen LogP contribution in [-0.2, 0) is 4.74 Å². The number of amides is 1. The lowest BCUT2D eigenvalue weighted by molar-refractivity contribution is 0.106. The second-order valence-corrected chi connectivity index (χ2v) is 5.41. The summed E-state index contributed by atoms with van der Waals surface area (Å²) in [4.78, 5) is 11.6. The van der Waals surface area contributed by atoms with Gasteiger partial charge < -0.3 is 10.1 Å². The van der Waals surface area contributed by atoms with E-state index in [-0.39, 0.29) is 12.2 Å². The average molecular weight is 314 g/mol. The molecule has 1 rings (SSSR count). The fourth-order valence-corrected chi connectivity index (χ4v) is 1.67. The first kappa shape index (κ1) is 15.0. The Kier molecular flexibility index (Phi) is 6.19. The van der Waals surface area contributed by atoms with Crippen molar-refractivity contribution in [2.24, 2.45) is 5.92 Å². The van der Waals surface area contributed by atoms with Gasteiger partial charge in [-0.05, 0) is 30.5 Å². The van der Waals surface area contributed by atoms with Crippen molar-refractivity contribution >= 4 is 22.0 Å². The Labute approximate surface area is 117 Å². The van der Waals surface area contributed by atoms with Crippen LogP contribution in [0, 0.1) is 5.92 Å². The lowest BCUT2D eigenvalue weighted by Crippen LogP contribution is -2.29. The summed E-state index contributed by atoms with van der Waals surface area (Å²) in [7, 11) is 0. The number of hydrogen-bond donors (Lipinski definition) is 1. The molecule has 0 fully saturated rings. The maximum absolute atomic E-state index is 11.6. The molecule has 2 atom stereocenters. The highest BCUT2D eigenvalue weighted by Crippen LogP contribution is 2.19. The summed E-state index contributed by atoms with van der Waals surface area (Å²) >= 11 is 3.37. The van der Waals surface area contributed by atoms with Crippen molar-refractivity contribution in [2.45, 2.75) is 33.3 Å². The largest absolute Gasteiger partial charge is 0.442 e. The summed E-state index contributed by atoms with van der Waals surface area (Å²) in [5, 5.41) is 2.77. The van der Waals surface area contributed by atoms with E-state index < -0.39 is 0 Å². The van der Waals surface area contributed by atoms with Gasteiger partial charge in [0, 0.05) is 11.0 Å². The van der Waals surface area contributed by atoms with Gasteiger partial charge in [-0.25, -0.2) is 4.79 Å². The Balaban J connectivity index is 2.42. The Morgan fingerprint density at radius 3 is 2.50 bits per heavy atom. The molecule has 0 aliphatic carbocycles. The fourth-order valence-electron chi connectivity index (χ4n) is 1.41. The second-order valence-electron chi connectivity index (χ2n) is 4.49. The van der Waals surface area contributed by atoms with Gasteiger partial charge in [-0.15, -0.1) is 0 Å². The van der Waals surface area contributed by atoms with Crippen LogP contribution in [0.1, 0.15) is 38.9 Å². The highest BCUT2D eigenvalue weighted by atomic mass is 79.9. The van der Waals surface area contributed by atoms with Crippen LogP contribution in [-0.4, -0.2) is 12.6 Å². The molecular weight excluding hydrogens is 294 g/mol. The van der Waals surface area contributed by atoms with Crippen LogP contribution < -0.4 is 5.32 Å². The zero-order valence-corrected chi connectivity index (χ0v) is 12.7. The normalized spacial score (nSPS) is 13.8. The summed E-state index contributed by atoms with van der Waals surface area (Å²) in [5.74, 6) is 0.473. The van der Waals surface area contributed by atoms with E-state index in [1.54, 1.807) is 0 Å². The van der Waals surface area contributed by atoms with Crippen molar-refractivity contribution < 1.29 is 9.53 Å². The van der Waals surface area contributed by atoms with Crippen molar-refractivity contribution in [1.82, 2.24) is 5.32 Å². The third-order valence-corrected chi connectivity index (χ3v) is 3.44. The van der Waals surface area contributed by atoms with Crippen molar-refractivity contribution in [3.05, 3.63) is 34.3 Å². The maximum atomic E-state index is 11.6. The number of carbonyl (C=O) groups excluding carboxylic acids is 1. The molecule has 0 aromatic heterocycles. The van der Waals surface area contributed by atoms with Gasteiger partial charge in [0.15, 0.2) is 0 Å². The number of nitrogens with one attached hydrogen (secondary N) is 1. The van der Waals surface area contributed by atoms with Crippen LogP contribution in [0.15, 0.2) is 28.7 Å². The third-order valence-electron chi connectivity index (χ3n) is 2.92. The molecule has 100 valence electrons. The molecule has 1 aromatic rings. The number of halogens is 1. The van der Waals surface area contributed by atoms with Crippen molar-refractivity contribution in [2.75, 3.05) is 6.54 Å². The van der Waals surface area contributed by atoms with Crippen LogP contribution in [0.2, 0.25) is 0 Å². The highest BCUT2D eigenvalue weighted by Gasteiger charge is 2.11. The molecule has 0 radical (unpaired) electrons. The zero-order valence-electron chi connectivity index (χ0n) is 11.1. The lowest BCUT2D eigenvalue weighted by Gasteiger charge is -2.15. The van der Waals surface area contributed by atoms with Crippen LogP contribution >= 0.6 is 15.9 Å². The highest BCUT2D eigenvalue weighted by molar-refractivity contribution is 9.10. The number of carbonyl (C=O) groups is 1. The number of hydrogen-bond acceptors (Lipinski definition) is 2. The molecule has 4 heteroatoms. The van der Waals surface area contributed by atoms with E-state index in [9.17, 15) is 4.79 Å². The molecule has 0 aliphatic heterocycles. The average Bonchev–Trinajstić information content (AvgIpc) is 2.36. The zero-order chi connectivity index (χ0) is 13.5. The van der Waals surface area contributed by atoms with Gasteiger partial charge in [-0.2, -0.15) is 0 Å². The predicted molar refractivity (Wildman–Crippen MR) is 76.5 cm³/mol. The maximum Gasteiger partial charge on any atom is 0.407 e. The van der Waals surface area contributed by atoms with Gasteiger partial charge in [0.05, 0.1) is 0 Å². The van der Waals surface area contributed by atoms with Gasteiger partial charge in [-0.1, -0.05) is 48.3 Å². The monoisotopic (exact) mass is 313 g/mol. The number of alkyl carbamates (subject to hydrolysis) is 1. The SMILES string of the molecule is CCC(C)CNC(=O)OC(C)c1ccc(Br)cc1. The molecule has 3 nitrogen and oxygen atoms in total.